The number of rotatable bonds is 5. The second kappa shape index (κ2) is 11.2. The van der Waals surface area contributed by atoms with Crippen LogP contribution in [-0.4, -0.2) is 11.6 Å². The third-order valence-corrected chi connectivity index (χ3v) is 2.37. The molecule has 0 spiro atoms. The van der Waals surface area contributed by atoms with E-state index in [1.165, 1.54) is 0 Å². The van der Waals surface area contributed by atoms with Gasteiger partial charge < -0.3 is 4.79 Å². The molecule has 74 valence electrons. The van der Waals surface area contributed by atoms with Gasteiger partial charge in [-0.1, -0.05) is 43.6 Å². The molecule has 0 saturated carbocycles. The molecular formula is C10H21BrO. The van der Waals surface area contributed by atoms with Crippen LogP contribution in [0.2, 0.25) is 0 Å². The van der Waals surface area contributed by atoms with Gasteiger partial charge in [-0.15, -0.1) is 0 Å². The monoisotopic (exact) mass is 236 g/mol. The molecule has 0 rings (SSSR count). The van der Waals surface area contributed by atoms with Gasteiger partial charge in [0, 0.05) is 11.8 Å². The van der Waals surface area contributed by atoms with E-state index in [0.29, 0.717) is 18.3 Å². The van der Waals surface area contributed by atoms with Crippen molar-refractivity contribution in [3.05, 3.63) is 0 Å². The highest BCUT2D eigenvalue weighted by Gasteiger charge is 2.07. The molecule has 0 aliphatic rings. The summed E-state index contributed by atoms with van der Waals surface area (Å²) in [6, 6.07) is 0. The van der Waals surface area contributed by atoms with Crippen molar-refractivity contribution in [3.63, 3.8) is 0 Å². The van der Waals surface area contributed by atoms with E-state index >= 15 is 0 Å². The Bertz CT molecular complexity index is 91.8. The molecule has 2 heteroatoms. The van der Waals surface area contributed by atoms with Gasteiger partial charge in [-0.05, 0) is 18.3 Å². The van der Waals surface area contributed by atoms with Crippen molar-refractivity contribution in [2.75, 3.05) is 5.33 Å². The average molecular weight is 237 g/mol. The number of alkyl halides is 1. The predicted molar refractivity (Wildman–Crippen MR) is 58.8 cm³/mol. The summed E-state index contributed by atoms with van der Waals surface area (Å²) in [6.45, 7) is 8.36. The maximum absolute atomic E-state index is 10.1. The summed E-state index contributed by atoms with van der Waals surface area (Å²) in [7, 11) is 0. The zero-order valence-electron chi connectivity index (χ0n) is 8.64. The molecule has 1 atom stereocenters. The first-order chi connectivity index (χ1) is 5.70. The lowest BCUT2D eigenvalue weighted by atomic mass is 9.97. The molecule has 0 aromatic rings. The SMILES string of the molecule is CC.CC(C)C[C@H](CBr)CC=O. The molecule has 0 heterocycles. The topological polar surface area (TPSA) is 17.1 Å². The normalized spacial score (nSPS) is 11.8. The van der Waals surface area contributed by atoms with Crippen LogP contribution in [0.3, 0.4) is 0 Å². The first kappa shape index (κ1) is 14.7. The summed E-state index contributed by atoms with van der Waals surface area (Å²) < 4.78 is 0. The molecule has 0 radical (unpaired) electrons. The van der Waals surface area contributed by atoms with Crippen molar-refractivity contribution in [2.45, 2.75) is 40.5 Å². The number of halogens is 1. The Morgan fingerprint density at radius 2 is 1.83 bits per heavy atom. The molecule has 0 aliphatic heterocycles. The van der Waals surface area contributed by atoms with Gasteiger partial charge in [0.2, 0.25) is 0 Å². The van der Waals surface area contributed by atoms with Crippen molar-refractivity contribution in [2.24, 2.45) is 11.8 Å². The second-order valence-corrected chi connectivity index (χ2v) is 3.70. The first-order valence-electron chi connectivity index (χ1n) is 4.70. The van der Waals surface area contributed by atoms with Crippen LogP contribution in [0.5, 0.6) is 0 Å². The molecule has 0 N–H and O–H groups in total. The van der Waals surface area contributed by atoms with Crippen LogP contribution >= 0.6 is 15.9 Å². The van der Waals surface area contributed by atoms with Gasteiger partial charge in [-0.3, -0.25) is 0 Å². The van der Waals surface area contributed by atoms with Crippen LogP contribution in [0.4, 0.5) is 0 Å². The van der Waals surface area contributed by atoms with Crippen LogP contribution in [0.1, 0.15) is 40.5 Å². The van der Waals surface area contributed by atoms with Gasteiger partial charge in [-0.25, -0.2) is 0 Å². The Kier molecular flexibility index (Phi) is 13.6. The minimum absolute atomic E-state index is 0.539. The zero-order chi connectivity index (χ0) is 9.98. The number of hydrogen-bond acceptors (Lipinski definition) is 1. The van der Waals surface area contributed by atoms with Gasteiger partial charge >= 0.3 is 0 Å². The van der Waals surface area contributed by atoms with Crippen molar-refractivity contribution in [1.29, 1.82) is 0 Å². The molecule has 0 aliphatic carbocycles. The molecule has 12 heavy (non-hydrogen) atoms. The third kappa shape index (κ3) is 10.2. The maximum atomic E-state index is 10.1. The van der Waals surface area contributed by atoms with Crippen LogP contribution in [-0.2, 0) is 4.79 Å². The first-order valence-corrected chi connectivity index (χ1v) is 5.82. The summed E-state index contributed by atoms with van der Waals surface area (Å²) in [5, 5.41) is 0.948. The van der Waals surface area contributed by atoms with E-state index in [2.05, 4.69) is 29.8 Å². The molecule has 0 bridgehead atoms. The Morgan fingerprint density at radius 3 is 2.08 bits per heavy atom. The fourth-order valence-corrected chi connectivity index (χ4v) is 1.55. The Morgan fingerprint density at radius 1 is 1.33 bits per heavy atom. The molecule has 0 saturated heterocycles. The number of carbonyl (C=O) groups is 1. The van der Waals surface area contributed by atoms with Crippen molar-refractivity contribution >= 4 is 22.2 Å². The Hall–Kier alpha value is 0.150. The summed E-state index contributed by atoms with van der Waals surface area (Å²) in [5.41, 5.74) is 0. The van der Waals surface area contributed by atoms with E-state index in [9.17, 15) is 4.79 Å². The lowest BCUT2D eigenvalue weighted by Gasteiger charge is -2.12. The van der Waals surface area contributed by atoms with E-state index in [4.69, 9.17) is 0 Å². The van der Waals surface area contributed by atoms with Crippen molar-refractivity contribution in [3.8, 4) is 0 Å². The lowest BCUT2D eigenvalue weighted by molar-refractivity contribution is -0.108. The quantitative estimate of drug-likeness (QED) is 0.526. The van der Waals surface area contributed by atoms with E-state index in [1.807, 2.05) is 13.8 Å². The molecule has 1 nitrogen and oxygen atoms in total. The third-order valence-electron chi connectivity index (χ3n) is 1.45. The minimum atomic E-state index is 0.539. The number of hydrogen-bond donors (Lipinski definition) is 0. The molecule has 0 unspecified atom stereocenters. The Balaban J connectivity index is 0. The zero-order valence-corrected chi connectivity index (χ0v) is 10.2. The molecule has 0 aromatic carbocycles. The minimum Gasteiger partial charge on any atom is -0.303 e. The molecule has 0 fully saturated rings. The van der Waals surface area contributed by atoms with Gasteiger partial charge in [0.05, 0.1) is 0 Å². The van der Waals surface area contributed by atoms with Gasteiger partial charge in [0.25, 0.3) is 0 Å². The van der Waals surface area contributed by atoms with E-state index in [0.717, 1.165) is 18.0 Å². The standard InChI is InChI=1S/C8H15BrO.C2H6/c1-7(2)5-8(6-9)3-4-10;1-2/h4,7-8H,3,5-6H2,1-2H3;1-2H3/t8-;/m1./s1. The smallest absolute Gasteiger partial charge is 0.120 e. The number of carbonyl (C=O) groups excluding carboxylic acids is 1. The highest BCUT2D eigenvalue weighted by atomic mass is 79.9. The molecular weight excluding hydrogens is 216 g/mol. The fraction of sp³-hybridized carbons (Fsp3) is 0.900. The maximum Gasteiger partial charge on any atom is 0.120 e. The van der Waals surface area contributed by atoms with E-state index < -0.39 is 0 Å². The van der Waals surface area contributed by atoms with E-state index in [1.54, 1.807) is 0 Å². The van der Waals surface area contributed by atoms with Crippen LogP contribution in [0.15, 0.2) is 0 Å². The van der Waals surface area contributed by atoms with Gasteiger partial charge in [-0.2, -0.15) is 0 Å². The van der Waals surface area contributed by atoms with Crippen molar-refractivity contribution < 1.29 is 4.79 Å². The second-order valence-electron chi connectivity index (χ2n) is 3.05. The molecule has 0 amide bonds. The molecule has 0 aromatic heterocycles. The Labute approximate surface area is 85.1 Å². The summed E-state index contributed by atoms with van der Waals surface area (Å²) in [6.07, 6.45) is 2.85. The fourth-order valence-electron chi connectivity index (χ4n) is 1.02. The highest BCUT2D eigenvalue weighted by molar-refractivity contribution is 9.09. The summed E-state index contributed by atoms with van der Waals surface area (Å²) in [5.74, 6) is 1.24. The van der Waals surface area contributed by atoms with Crippen LogP contribution in [0.25, 0.3) is 0 Å². The summed E-state index contributed by atoms with van der Waals surface area (Å²) >= 11 is 3.39. The van der Waals surface area contributed by atoms with Crippen LogP contribution in [0, 0.1) is 11.8 Å². The average Bonchev–Trinajstić information content (AvgIpc) is 2.07. The van der Waals surface area contributed by atoms with Gasteiger partial charge in [0.1, 0.15) is 6.29 Å². The largest absolute Gasteiger partial charge is 0.303 e. The predicted octanol–water partition coefficient (Wildman–Crippen LogP) is 3.66. The van der Waals surface area contributed by atoms with Crippen LogP contribution < -0.4 is 0 Å². The van der Waals surface area contributed by atoms with Crippen molar-refractivity contribution in [1.82, 2.24) is 0 Å². The van der Waals surface area contributed by atoms with E-state index in [-0.39, 0.29) is 0 Å². The lowest BCUT2D eigenvalue weighted by Crippen LogP contribution is -2.06. The number of aldehydes is 1. The summed E-state index contributed by atoms with van der Waals surface area (Å²) in [4.78, 5) is 10.1. The van der Waals surface area contributed by atoms with Gasteiger partial charge in [0.15, 0.2) is 0 Å². The highest BCUT2D eigenvalue weighted by Crippen LogP contribution is 2.16.